The molecule has 0 aromatic heterocycles. The van der Waals surface area contributed by atoms with Crippen molar-refractivity contribution in [1.82, 2.24) is 5.32 Å². The molecule has 0 spiro atoms. The molecule has 0 aromatic rings. The van der Waals surface area contributed by atoms with Gasteiger partial charge in [-0.25, -0.2) is 0 Å². The third-order valence-electron chi connectivity index (χ3n) is 2.23. The van der Waals surface area contributed by atoms with Crippen LogP contribution in [0.25, 0.3) is 0 Å². The van der Waals surface area contributed by atoms with E-state index in [-0.39, 0.29) is 0 Å². The van der Waals surface area contributed by atoms with Crippen LogP contribution in [0.2, 0.25) is 0 Å². The fraction of sp³-hybridized carbons (Fsp3) is 1.00. The van der Waals surface area contributed by atoms with Crippen LogP contribution in [0.1, 0.15) is 46.0 Å². The lowest BCUT2D eigenvalue weighted by Gasteiger charge is -2.16. The lowest BCUT2D eigenvalue weighted by atomic mass is 10.1. The lowest BCUT2D eigenvalue weighted by molar-refractivity contribution is 0.192. The fourth-order valence-corrected chi connectivity index (χ4v) is 1.57. The highest BCUT2D eigenvalue weighted by atomic mass is 16.5. The molecule has 2 heteroatoms. The highest BCUT2D eigenvalue weighted by Gasteiger charge is 2.04. The average Bonchev–Trinajstić information content (AvgIpc) is 2.13. The summed E-state index contributed by atoms with van der Waals surface area (Å²) in [7, 11) is 1.76. The summed E-state index contributed by atoms with van der Waals surface area (Å²) in [5.41, 5.74) is 0. The van der Waals surface area contributed by atoms with Gasteiger partial charge in [-0.2, -0.15) is 0 Å². The highest BCUT2D eigenvalue weighted by Crippen LogP contribution is 2.04. The largest absolute Gasteiger partial charge is 0.385 e. The zero-order chi connectivity index (χ0) is 9.94. The molecule has 0 saturated heterocycles. The normalized spacial score (nSPS) is 11.1. The first-order valence-electron chi connectivity index (χ1n) is 5.57. The van der Waals surface area contributed by atoms with E-state index < -0.39 is 0 Å². The van der Waals surface area contributed by atoms with E-state index in [0.29, 0.717) is 0 Å². The van der Waals surface area contributed by atoms with Crippen LogP contribution in [0.4, 0.5) is 0 Å². The van der Waals surface area contributed by atoms with Gasteiger partial charge in [-0.3, -0.25) is 0 Å². The summed E-state index contributed by atoms with van der Waals surface area (Å²) in [6, 6.07) is 0.729. The molecule has 0 unspecified atom stereocenters. The molecule has 0 saturated carbocycles. The molecule has 0 aliphatic carbocycles. The van der Waals surface area contributed by atoms with E-state index >= 15 is 0 Å². The number of hydrogen-bond acceptors (Lipinski definition) is 2. The molecule has 80 valence electrons. The van der Waals surface area contributed by atoms with Crippen LogP contribution in [0, 0.1) is 0 Å². The summed E-state index contributed by atoms with van der Waals surface area (Å²) < 4.78 is 5.00. The summed E-state index contributed by atoms with van der Waals surface area (Å²) >= 11 is 0. The number of rotatable bonds is 9. The molecular weight excluding hydrogens is 162 g/mol. The Balaban J connectivity index is 3.33. The molecule has 0 heterocycles. The highest BCUT2D eigenvalue weighted by molar-refractivity contribution is 4.65. The van der Waals surface area contributed by atoms with Gasteiger partial charge in [0.1, 0.15) is 0 Å². The topological polar surface area (TPSA) is 21.3 Å². The number of nitrogens with one attached hydrogen (secondary N) is 1. The van der Waals surface area contributed by atoms with Crippen molar-refractivity contribution in [1.29, 1.82) is 0 Å². The minimum absolute atomic E-state index is 0.729. The van der Waals surface area contributed by atoms with Gasteiger partial charge < -0.3 is 10.1 Å². The number of ether oxygens (including phenoxy) is 1. The van der Waals surface area contributed by atoms with Gasteiger partial charge in [0.2, 0.25) is 0 Å². The Bertz CT molecular complexity index is 90.1. The first kappa shape index (κ1) is 12.9. The summed E-state index contributed by atoms with van der Waals surface area (Å²) in [5, 5.41) is 3.58. The molecule has 0 aliphatic rings. The minimum atomic E-state index is 0.729. The van der Waals surface area contributed by atoms with Crippen molar-refractivity contribution in [3.63, 3.8) is 0 Å². The van der Waals surface area contributed by atoms with Gasteiger partial charge in [-0.15, -0.1) is 0 Å². The zero-order valence-corrected chi connectivity index (χ0v) is 9.44. The van der Waals surface area contributed by atoms with Crippen molar-refractivity contribution in [2.24, 2.45) is 0 Å². The second-order valence-electron chi connectivity index (χ2n) is 3.57. The maximum absolute atomic E-state index is 5.00. The standard InChI is InChI=1S/C11H25NO/c1-4-7-11(8-5-2)12-9-6-10-13-3/h11-12H,4-10H2,1-3H3. The summed E-state index contributed by atoms with van der Waals surface area (Å²) in [4.78, 5) is 0. The van der Waals surface area contributed by atoms with E-state index in [2.05, 4.69) is 19.2 Å². The van der Waals surface area contributed by atoms with Crippen LogP contribution in [-0.4, -0.2) is 26.3 Å². The summed E-state index contributed by atoms with van der Waals surface area (Å²) in [5.74, 6) is 0. The Hall–Kier alpha value is -0.0800. The molecule has 0 bridgehead atoms. The van der Waals surface area contributed by atoms with E-state index in [1.54, 1.807) is 7.11 Å². The molecule has 0 atom stereocenters. The number of hydrogen-bond donors (Lipinski definition) is 1. The smallest absolute Gasteiger partial charge is 0.0474 e. The van der Waals surface area contributed by atoms with Crippen molar-refractivity contribution < 1.29 is 4.74 Å². The van der Waals surface area contributed by atoms with Gasteiger partial charge >= 0.3 is 0 Å². The van der Waals surface area contributed by atoms with Crippen LogP contribution >= 0.6 is 0 Å². The van der Waals surface area contributed by atoms with Crippen LogP contribution < -0.4 is 5.32 Å². The van der Waals surface area contributed by atoms with Crippen LogP contribution in [0.15, 0.2) is 0 Å². The second kappa shape index (κ2) is 10.0. The predicted molar refractivity (Wildman–Crippen MR) is 58.1 cm³/mol. The third-order valence-corrected chi connectivity index (χ3v) is 2.23. The van der Waals surface area contributed by atoms with Crippen molar-refractivity contribution in [3.8, 4) is 0 Å². The molecule has 0 aliphatic heterocycles. The second-order valence-corrected chi connectivity index (χ2v) is 3.57. The molecule has 0 radical (unpaired) electrons. The maximum Gasteiger partial charge on any atom is 0.0474 e. The van der Waals surface area contributed by atoms with Gasteiger partial charge in [0.15, 0.2) is 0 Å². The molecule has 13 heavy (non-hydrogen) atoms. The van der Waals surface area contributed by atoms with E-state index in [1.807, 2.05) is 0 Å². The molecular formula is C11H25NO. The van der Waals surface area contributed by atoms with Crippen LogP contribution in [0.5, 0.6) is 0 Å². The predicted octanol–water partition coefficient (Wildman–Crippen LogP) is 2.58. The average molecular weight is 187 g/mol. The van der Waals surface area contributed by atoms with Crippen molar-refractivity contribution >= 4 is 0 Å². The van der Waals surface area contributed by atoms with E-state index in [4.69, 9.17) is 4.74 Å². The summed E-state index contributed by atoms with van der Waals surface area (Å²) in [6.45, 7) is 6.47. The lowest BCUT2D eigenvalue weighted by Crippen LogP contribution is -2.30. The Labute approximate surface area is 83.1 Å². The van der Waals surface area contributed by atoms with Crippen molar-refractivity contribution in [3.05, 3.63) is 0 Å². The zero-order valence-electron chi connectivity index (χ0n) is 9.44. The number of methoxy groups -OCH3 is 1. The Kier molecular flexibility index (Phi) is 9.94. The quantitative estimate of drug-likeness (QED) is 0.560. The molecule has 0 rings (SSSR count). The van der Waals surface area contributed by atoms with Gasteiger partial charge in [0, 0.05) is 19.8 Å². The Morgan fingerprint density at radius 1 is 1.15 bits per heavy atom. The molecule has 2 nitrogen and oxygen atoms in total. The molecule has 0 fully saturated rings. The van der Waals surface area contributed by atoms with E-state index in [1.165, 1.54) is 25.7 Å². The van der Waals surface area contributed by atoms with Crippen molar-refractivity contribution in [2.75, 3.05) is 20.3 Å². The van der Waals surface area contributed by atoms with Gasteiger partial charge in [-0.1, -0.05) is 26.7 Å². The molecule has 0 amide bonds. The van der Waals surface area contributed by atoms with Crippen LogP contribution in [0.3, 0.4) is 0 Å². The molecule has 1 N–H and O–H groups in total. The SMILES string of the molecule is CCCC(CCC)NCCCOC. The fourth-order valence-electron chi connectivity index (χ4n) is 1.57. The molecule has 0 aromatic carbocycles. The van der Waals surface area contributed by atoms with Gasteiger partial charge in [-0.05, 0) is 25.8 Å². The van der Waals surface area contributed by atoms with E-state index in [9.17, 15) is 0 Å². The van der Waals surface area contributed by atoms with Crippen LogP contribution in [-0.2, 0) is 4.74 Å². The first-order chi connectivity index (χ1) is 6.35. The minimum Gasteiger partial charge on any atom is -0.385 e. The monoisotopic (exact) mass is 187 g/mol. The van der Waals surface area contributed by atoms with E-state index in [0.717, 1.165) is 25.6 Å². The Morgan fingerprint density at radius 2 is 1.77 bits per heavy atom. The third kappa shape index (κ3) is 8.26. The maximum atomic E-state index is 5.00. The van der Waals surface area contributed by atoms with Gasteiger partial charge in [0.05, 0.1) is 0 Å². The Morgan fingerprint density at radius 3 is 2.23 bits per heavy atom. The summed E-state index contributed by atoms with van der Waals surface area (Å²) in [6.07, 6.45) is 6.30. The first-order valence-corrected chi connectivity index (χ1v) is 5.57. The van der Waals surface area contributed by atoms with Gasteiger partial charge in [0.25, 0.3) is 0 Å². The van der Waals surface area contributed by atoms with Crippen molar-refractivity contribution in [2.45, 2.75) is 52.0 Å².